The van der Waals surface area contributed by atoms with Gasteiger partial charge in [-0.2, -0.15) is 0 Å². The fraction of sp³-hybridized carbons (Fsp3) is 0.642. The molecule has 0 aromatic heterocycles. The van der Waals surface area contributed by atoms with Crippen LogP contribution in [-0.4, -0.2) is 77.4 Å². The summed E-state index contributed by atoms with van der Waals surface area (Å²) in [4.78, 5) is 0. The molecule has 0 N–H and O–H groups in total. The number of rotatable bonds is 12. The molecular formula is C53H81O12Y-. The molecule has 0 saturated carbocycles. The van der Waals surface area contributed by atoms with E-state index in [-0.39, 0.29) is 77.9 Å². The molecule has 369 valence electrons. The SMILES string of the molecule is CC.CC.[CH3-].[Y].c1cc(OC2CCCCO2)cc(OC2CCCCO2)c1.c1cc(OC2CCCCO2)ccc1OC1CCCCO1.c1ccc(OC2CCCCO2)c(OC2CCCCO2)c1. The monoisotopic (exact) mass is 998 g/mol. The second-order valence-corrected chi connectivity index (χ2v) is 15.9. The zero-order chi connectivity index (χ0) is 44.9. The van der Waals surface area contributed by atoms with Crippen molar-refractivity contribution in [3.63, 3.8) is 0 Å². The van der Waals surface area contributed by atoms with Gasteiger partial charge in [0.05, 0.1) is 39.6 Å². The smallest absolute Gasteiger partial charge is 0.200 e. The Morgan fingerprint density at radius 2 is 0.576 bits per heavy atom. The number of hydrogen-bond acceptors (Lipinski definition) is 12. The first-order chi connectivity index (χ1) is 31.7. The third kappa shape index (κ3) is 22.2. The van der Waals surface area contributed by atoms with E-state index in [1.54, 1.807) is 0 Å². The second kappa shape index (κ2) is 35.4. The van der Waals surface area contributed by atoms with E-state index < -0.39 is 0 Å². The van der Waals surface area contributed by atoms with Crippen LogP contribution in [0.2, 0.25) is 0 Å². The van der Waals surface area contributed by atoms with Crippen molar-refractivity contribution in [1.29, 1.82) is 0 Å². The summed E-state index contributed by atoms with van der Waals surface area (Å²) >= 11 is 0. The van der Waals surface area contributed by atoms with E-state index in [1.165, 1.54) is 12.8 Å². The zero-order valence-electron chi connectivity index (χ0n) is 40.8. The second-order valence-electron chi connectivity index (χ2n) is 15.9. The van der Waals surface area contributed by atoms with E-state index in [0.29, 0.717) is 0 Å². The molecule has 6 saturated heterocycles. The predicted octanol–water partition coefficient (Wildman–Crippen LogP) is 13.0. The van der Waals surface area contributed by atoms with Gasteiger partial charge in [-0.15, -0.1) is 0 Å². The summed E-state index contributed by atoms with van der Waals surface area (Å²) in [5.74, 6) is 4.74. The summed E-state index contributed by atoms with van der Waals surface area (Å²) in [6.45, 7) is 12.7. The van der Waals surface area contributed by atoms with Gasteiger partial charge in [0.15, 0.2) is 49.2 Å². The minimum Gasteiger partial charge on any atom is -0.465 e. The van der Waals surface area contributed by atoms with Crippen LogP contribution in [0.4, 0.5) is 0 Å². The third-order valence-electron chi connectivity index (χ3n) is 10.9. The zero-order valence-corrected chi connectivity index (χ0v) is 43.7. The first kappa shape index (κ1) is 57.6. The maximum atomic E-state index is 5.93. The van der Waals surface area contributed by atoms with Crippen LogP contribution in [-0.2, 0) is 61.1 Å². The van der Waals surface area contributed by atoms with Gasteiger partial charge in [-0.05, 0) is 126 Å². The van der Waals surface area contributed by atoms with Crippen molar-refractivity contribution in [1.82, 2.24) is 0 Å². The van der Waals surface area contributed by atoms with E-state index in [4.69, 9.17) is 56.8 Å². The fourth-order valence-corrected chi connectivity index (χ4v) is 7.58. The molecule has 3 aromatic rings. The summed E-state index contributed by atoms with van der Waals surface area (Å²) < 4.78 is 68.6. The maximum Gasteiger partial charge on any atom is 0.200 e. The molecule has 6 aliphatic rings. The first-order valence-electron chi connectivity index (χ1n) is 24.7. The van der Waals surface area contributed by atoms with Crippen LogP contribution in [0.25, 0.3) is 0 Å². The predicted molar refractivity (Wildman–Crippen MR) is 254 cm³/mol. The van der Waals surface area contributed by atoms with Crippen molar-refractivity contribution in [3.8, 4) is 34.5 Å². The molecule has 9 rings (SSSR count). The molecule has 3 aromatic carbocycles. The molecule has 0 amide bonds. The molecule has 6 unspecified atom stereocenters. The van der Waals surface area contributed by atoms with Crippen LogP contribution in [0.3, 0.4) is 0 Å². The van der Waals surface area contributed by atoms with Gasteiger partial charge in [0.25, 0.3) is 0 Å². The quantitative estimate of drug-likeness (QED) is 0.161. The molecule has 66 heavy (non-hydrogen) atoms. The molecule has 12 nitrogen and oxygen atoms in total. The Hall–Kier alpha value is -2.68. The van der Waals surface area contributed by atoms with Crippen molar-refractivity contribution in [2.24, 2.45) is 0 Å². The standard InChI is InChI=1S/3C16H22O4.2C2H6.CH3.Y/c1-3-10-17-15(8-1)19-13-6-5-7-14(12-13)20-16-9-2-4-11-18-16;1-3-11-17-15(5-1)19-13-7-9-14(10-8-13)20-16-6-2-4-12-18-16;1-2-8-14(20-16-10-4-6-12-18-16)13(7-1)19-15-9-3-5-11-17-15;2*1-2;;/h5-7,12,15-16H,1-4,8-11H2;7-10,15-16H,1-6,11-12H2;1-2,7-8,15-16H,3-6,9-12H2;2*1-2H3;1H3;/q;;;;;-1;. The van der Waals surface area contributed by atoms with Crippen LogP contribution in [0.1, 0.15) is 143 Å². The van der Waals surface area contributed by atoms with Gasteiger partial charge < -0.3 is 64.3 Å². The van der Waals surface area contributed by atoms with Crippen molar-refractivity contribution < 1.29 is 89.6 Å². The summed E-state index contributed by atoms with van der Waals surface area (Å²) in [6.07, 6.45) is 18.7. The molecule has 6 heterocycles. The van der Waals surface area contributed by atoms with E-state index in [9.17, 15) is 0 Å². The van der Waals surface area contributed by atoms with E-state index >= 15 is 0 Å². The Bertz CT molecular complexity index is 1480. The van der Waals surface area contributed by atoms with Gasteiger partial charge in [-0.25, -0.2) is 0 Å². The maximum absolute atomic E-state index is 5.93. The molecular weight excluding hydrogens is 917 g/mol. The van der Waals surface area contributed by atoms with Gasteiger partial charge in [-0.3, -0.25) is 0 Å². The summed E-state index contributed by atoms with van der Waals surface area (Å²) in [6, 6.07) is 23.2. The molecule has 0 aliphatic carbocycles. The Labute approximate surface area is 422 Å². The Morgan fingerprint density at radius 1 is 0.318 bits per heavy atom. The summed E-state index contributed by atoms with van der Waals surface area (Å²) in [5.41, 5.74) is 0. The number of ether oxygens (including phenoxy) is 12. The first-order valence-corrected chi connectivity index (χ1v) is 24.7. The molecule has 6 aliphatic heterocycles. The van der Waals surface area contributed by atoms with Crippen molar-refractivity contribution >= 4 is 0 Å². The van der Waals surface area contributed by atoms with Gasteiger partial charge >= 0.3 is 0 Å². The largest absolute Gasteiger partial charge is 0.465 e. The minimum atomic E-state index is -0.152. The Morgan fingerprint density at radius 3 is 0.833 bits per heavy atom. The molecule has 13 heteroatoms. The minimum absolute atomic E-state index is 0. The molecule has 0 spiro atoms. The van der Waals surface area contributed by atoms with E-state index in [1.807, 2.05) is 100 Å². The summed E-state index contributed by atoms with van der Waals surface area (Å²) in [5, 5.41) is 0. The van der Waals surface area contributed by atoms with Gasteiger partial charge in [0.1, 0.15) is 23.0 Å². The Kier molecular flexibility index (Phi) is 31.0. The molecule has 0 bridgehead atoms. The number of hydrogen-bond donors (Lipinski definition) is 0. The Balaban J connectivity index is 0.000000249. The van der Waals surface area contributed by atoms with E-state index in [0.717, 1.165) is 177 Å². The van der Waals surface area contributed by atoms with Gasteiger partial charge in [-0.1, -0.05) is 45.9 Å². The fourth-order valence-electron chi connectivity index (χ4n) is 7.58. The van der Waals surface area contributed by atoms with Crippen LogP contribution in [0.5, 0.6) is 34.5 Å². The van der Waals surface area contributed by atoms with Crippen LogP contribution in [0, 0.1) is 7.43 Å². The van der Waals surface area contributed by atoms with Crippen molar-refractivity contribution in [3.05, 3.63) is 80.2 Å². The average Bonchev–Trinajstić information content (AvgIpc) is 3.37. The third-order valence-corrected chi connectivity index (χ3v) is 10.9. The topological polar surface area (TPSA) is 111 Å². The van der Waals surface area contributed by atoms with Gasteiger partial charge in [0, 0.05) is 77.3 Å². The molecule has 6 fully saturated rings. The van der Waals surface area contributed by atoms with Crippen LogP contribution >= 0.6 is 0 Å². The van der Waals surface area contributed by atoms with Crippen LogP contribution in [0.15, 0.2) is 72.8 Å². The van der Waals surface area contributed by atoms with E-state index in [2.05, 4.69) is 0 Å². The van der Waals surface area contributed by atoms with Gasteiger partial charge in [0.2, 0.25) is 0 Å². The molecule has 6 atom stereocenters. The number of para-hydroxylation sites is 2. The van der Waals surface area contributed by atoms with Crippen molar-refractivity contribution in [2.75, 3.05) is 39.6 Å². The van der Waals surface area contributed by atoms with Crippen LogP contribution < -0.4 is 28.4 Å². The summed E-state index contributed by atoms with van der Waals surface area (Å²) in [7, 11) is 0. The average molecular weight is 999 g/mol. The normalized spacial score (nSPS) is 24.7. The van der Waals surface area contributed by atoms with Crippen molar-refractivity contribution in [2.45, 2.75) is 181 Å². The number of benzene rings is 3. The molecule has 1 radical (unpaired) electrons.